The van der Waals surface area contributed by atoms with Crippen molar-refractivity contribution in [1.29, 1.82) is 0 Å². The van der Waals surface area contributed by atoms with E-state index in [4.69, 9.17) is 18.9 Å². The molecule has 0 aliphatic carbocycles. The van der Waals surface area contributed by atoms with Gasteiger partial charge in [0.05, 0.1) is 13.0 Å². The maximum atomic E-state index is 13.2. The molecule has 0 aromatic heterocycles. The van der Waals surface area contributed by atoms with Crippen LogP contribution in [0, 0.1) is 0 Å². The second-order valence-corrected chi connectivity index (χ2v) is 18.9. The van der Waals surface area contributed by atoms with Gasteiger partial charge >= 0.3 is 24.0 Å². The molecule has 0 heterocycles. The zero-order valence-electron chi connectivity index (χ0n) is 37.7. The van der Waals surface area contributed by atoms with Crippen LogP contribution in [-0.2, 0) is 33.3 Å². The number of amides is 1. The predicted octanol–water partition coefficient (Wildman–Crippen LogP) is 11.9. The van der Waals surface area contributed by atoms with Crippen molar-refractivity contribution in [2.75, 3.05) is 75.6 Å². The van der Waals surface area contributed by atoms with Gasteiger partial charge in [0.1, 0.15) is 19.3 Å². The molecule has 0 aromatic carbocycles. The van der Waals surface area contributed by atoms with Crippen molar-refractivity contribution in [3.05, 3.63) is 0 Å². The van der Waals surface area contributed by atoms with E-state index in [0.29, 0.717) is 37.6 Å². The summed E-state index contributed by atoms with van der Waals surface area (Å²) in [4.78, 5) is 54.6. The summed E-state index contributed by atoms with van der Waals surface area (Å²) in [6.45, 7) is 15.2. The van der Waals surface area contributed by atoms with E-state index in [9.17, 15) is 19.2 Å². The quantitative estimate of drug-likeness (QED) is 0.0252. The number of esters is 3. The number of ether oxygens (including phenoxy) is 4. The Bertz CT molecular complexity index is 960. The summed E-state index contributed by atoms with van der Waals surface area (Å²) < 4.78 is 22.4. The van der Waals surface area contributed by atoms with Gasteiger partial charge in [-0.1, -0.05) is 146 Å². The summed E-state index contributed by atoms with van der Waals surface area (Å²) in [5.41, 5.74) is 0. The van der Waals surface area contributed by atoms with Crippen molar-refractivity contribution in [3.8, 4) is 0 Å². The van der Waals surface area contributed by atoms with Gasteiger partial charge in [0.25, 0.3) is 0 Å². The van der Waals surface area contributed by atoms with Gasteiger partial charge in [0.2, 0.25) is 0 Å². The molecule has 0 saturated heterocycles. The highest BCUT2D eigenvalue weighted by Crippen LogP contribution is 2.21. The molecule has 1 amide bonds. The molecule has 342 valence electrons. The lowest BCUT2D eigenvalue weighted by Crippen LogP contribution is -2.35. The third kappa shape index (κ3) is 37.7. The Morgan fingerprint density at radius 3 is 1.64 bits per heavy atom. The lowest BCUT2D eigenvalue weighted by molar-refractivity contribution is -0.149. The highest BCUT2D eigenvalue weighted by atomic mass is 33.1. The largest absolute Gasteiger partial charge is 0.466 e. The third-order valence-corrected chi connectivity index (χ3v) is 13.5. The number of hydrogen-bond donors (Lipinski definition) is 0. The predicted molar refractivity (Wildman–Crippen MR) is 248 cm³/mol. The summed E-state index contributed by atoms with van der Waals surface area (Å²) in [5, 5.41) is 0. The topological polar surface area (TPSA) is 112 Å². The molecule has 0 saturated carbocycles. The molecule has 1 unspecified atom stereocenters. The fourth-order valence-corrected chi connectivity index (χ4v) is 9.02. The Hall–Kier alpha value is -1.31. The molecule has 13 heteroatoms. The molecule has 0 aromatic rings. The van der Waals surface area contributed by atoms with Gasteiger partial charge in [-0.2, -0.15) is 11.8 Å². The van der Waals surface area contributed by atoms with E-state index in [2.05, 4.69) is 39.5 Å². The van der Waals surface area contributed by atoms with Crippen LogP contribution in [0.3, 0.4) is 0 Å². The maximum absolute atomic E-state index is 13.2. The summed E-state index contributed by atoms with van der Waals surface area (Å²) in [6.07, 6.45) is 22.4. The van der Waals surface area contributed by atoms with Gasteiger partial charge in [0.15, 0.2) is 0 Å². The average molecular weight is 879 g/mol. The van der Waals surface area contributed by atoms with Gasteiger partial charge in [-0.05, 0) is 63.9 Å². The molecule has 0 rings (SSSR count). The first-order chi connectivity index (χ1) is 28.3. The fraction of sp³-hybridized carbons (Fsp3) is 0.911. The molecule has 1 atom stereocenters. The number of thioether (sulfide) groups is 1. The second-order valence-electron chi connectivity index (χ2n) is 15.1. The van der Waals surface area contributed by atoms with Crippen LogP contribution in [-0.4, -0.2) is 115 Å². The molecule has 0 bridgehead atoms. The maximum Gasteiger partial charge on any atom is 0.409 e. The number of nitrogens with zero attached hydrogens (tertiary/aromatic N) is 2. The summed E-state index contributed by atoms with van der Waals surface area (Å²) in [6, 6.07) is 0. The van der Waals surface area contributed by atoms with E-state index in [-0.39, 0.29) is 56.5 Å². The Labute approximate surface area is 367 Å². The Balaban J connectivity index is 4.86. The van der Waals surface area contributed by atoms with Crippen molar-refractivity contribution < 1.29 is 38.1 Å². The lowest BCUT2D eigenvalue weighted by atomic mass is 10.1. The van der Waals surface area contributed by atoms with E-state index in [0.717, 1.165) is 76.1 Å². The van der Waals surface area contributed by atoms with E-state index in [1.807, 2.05) is 11.8 Å². The summed E-state index contributed by atoms with van der Waals surface area (Å²) >= 11 is 1.88. The lowest BCUT2D eigenvalue weighted by Gasteiger charge is -2.22. The molecular weight excluding hydrogens is 793 g/mol. The molecule has 0 aliphatic heterocycles. The average Bonchev–Trinajstić information content (AvgIpc) is 3.22. The van der Waals surface area contributed by atoms with Gasteiger partial charge in [-0.15, -0.1) is 0 Å². The van der Waals surface area contributed by atoms with Gasteiger partial charge in [-0.3, -0.25) is 14.4 Å². The molecule has 0 N–H and O–H groups in total. The van der Waals surface area contributed by atoms with Crippen LogP contribution >= 0.6 is 33.3 Å². The van der Waals surface area contributed by atoms with Crippen LogP contribution in [0.2, 0.25) is 0 Å². The minimum Gasteiger partial charge on any atom is -0.466 e. The van der Waals surface area contributed by atoms with E-state index < -0.39 is 6.09 Å². The van der Waals surface area contributed by atoms with Crippen molar-refractivity contribution in [3.63, 3.8) is 0 Å². The van der Waals surface area contributed by atoms with Crippen LogP contribution < -0.4 is 0 Å². The number of rotatable bonds is 43. The van der Waals surface area contributed by atoms with E-state index in [1.54, 1.807) is 21.6 Å². The van der Waals surface area contributed by atoms with Gasteiger partial charge < -0.3 is 28.7 Å². The standard InChI is InChI=1S/C45H86N2O8S3/c1-6-11-14-17-19-21-23-34-52-43(49)30-33-47(45(51)54-36-39-58-57-38-35-53-42(48)28-25-31-46(9-4)10-5)32-26-29-44(50)55-41(27-22-20-18-15-12-7-2)40-56-37-24-16-13-8-3/h41H,6-40H2,1-5H3. The van der Waals surface area contributed by atoms with Gasteiger partial charge in [-0.25, -0.2) is 4.79 Å². The number of hydrogen-bond acceptors (Lipinski definition) is 12. The van der Waals surface area contributed by atoms with E-state index >= 15 is 0 Å². The normalized spacial score (nSPS) is 11.8. The molecular formula is C45H86N2O8S3. The molecule has 10 nitrogen and oxygen atoms in total. The van der Waals surface area contributed by atoms with Crippen LogP contribution in [0.15, 0.2) is 0 Å². The number of carbonyl (C=O) groups excluding carboxylic acids is 4. The number of unbranched alkanes of at least 4 members (excludes halogenated alkanes) is 14. The molecule has 0 aliphatic rings. The van der Waals surface area contributed by atoms with Crippen molar-refractivity contribution >= 4 is 57.4 Å². The molecule has 0 fully saturated rings. The van der Waals surface area contributed by atoms with Crippen molar-refractivity contribution in [2.45, 2.75) is 188 Å². The smallest absolute Gasteiger partial charge is 0.409 e. The third-order valence-electron chi connectivity index (χ3n) is 9.94. The Morgan fingerprint density at radius 1 is 0.483 bits per heavy atom. The minimum absolute atomic E-state index is 0.0740. The van der Waals surface area contributed by atoms with Gasteiger partial charge in [0, 0.05) is 43.2 Å². The van der Waals surface area contributed by atoms with Crippen LogP contribution in [0.1, 0.15) is 182 Å². The minimum atomic E-state index is -0.502. The number of carbonyl (C=O) groups is 4. The fourth-order valence-electron chi connectivity index (χ4n) is 6.29. The Kier molecular flexibility index (Phi) is 42.8. The monoisotopic (exact) mass is 879 g/mol. The molecule has 0 radical (unpaired) electrons. The van der Waals surface area contributed by atoms with E-state index in [1.165, 1.54) is 81.9 Å². The second kappa shape index (κ2) is 43.8. The molecule has 58 heavy (non-hydrogen) atoms. The zero-order chi connectivity index (χ0) is 42.7. The van der Waals surface area contributed by atoms with Crippen LogP contribution in [0.5, 0.6) is 0 Å². The van der Waals surface area contributed by atoms with Crippen LogP contribution in [0.4, 0.5) is 4.79 Å². The van der Waals surface area contributed by atoms with Crippen molar-refractivity contribution in [2.24, 2.45) is 0 Å². The van der Waals surface area contributed by atoms with Crippen LogP contribution in [0.25, 0.3) is 0 Å². The summed E-state index contributed by atoms with van der Waals surface area (Å²) in [5.74, 6) is 2.42. The Morgan fingerprint density at radius 2 is 1.00 bits per heavy atom. The highest BCUT2D eigenvalue weighted by molar-refractivity contribution is 8.76. The first-order valence-corrected chi connectivity index (χ1v) is 26.9. The first-order valence-electron chi connectivity index (χ1n) is 23.3. The van der Waals surface area contributed by atoms with Crippen molar-refractivity contribution in [1.82, 2.24) is 9.80 Å². The SMILES string of the molecule is CCCCCCCCCOC(=O)CCN(CCCC(=O)OC(CCCCCCCC)CSCCCCCC)C(=O)OCCSSCCOC(=O)CCCN(CC)CC. The molecule has 0 spiro atoms. The first kappa shape index (κ1) is 56.7. The summed E-state index contributed by atoms with van der Waals surface area (Å²) in [7, 11) is 3.13. The zero-order valence-corrected chi connectivity index (χ0v) is 40.2. The highest BCUT2D eigenvalue weighted by Gasteiger charge is 2.19.